The first-order valence-electron chi connectivity index (χ1n) is 10.5. The van der Waals surface area contributed by atoms with Gasteiger partial charge in [0.2, 0.25) is 5.91 Å². The van der Waals surface area contributed by atoms with E-state index < -0.39 is 0 Å². The number of nitrogens with one attached hydrogen (secondary N) is 1. The van der Waals surface area contributed by atoms with Crippen LogP contribution < -0.4 is 10.1 Å². The van der Waals surface area contributed by atoms with Gasteiger partial charge in [-0.1, -0.05) is 54.6 Å². The summed E-state index contributed by atoms with van der Waals surface area (Å²) in [5.41, 5.74) is 2.08. The van der Waals surface area contributed by atoms with E-state index in [9.17, 15) is 4.79 Å². The van der Waals surface area contributed by atoms with Crippen molar-refractivity contribution >= 4 is 22.4 Å². The highest BCUT2D eigenvalue weighted by molar-refractivity contribution is 5.95. The first-order chi connectivity index (χ1) is 14.7. The summed E-state index contributed by atoms with van der Waals surface area (Å²) in [4.78, 5) is 17.5. The molecule has 3 aromatic carbocycles. The number of nitrogens with zero attached hydrogens (tertiary/aromatic N) is 2. The SMILES string of the molecule is COc1ccccc1NC(=O)C(C)N1CCN(Cc2cccc3ccccc23)CC1. The summed E-state index contributed by atoms with van der Waals surface area (Å²) in [7, 11) is 1.61. The summed E-state index contributed by atoms with van der Waals surface area (Å²) < 4.78 is 5.34. The first kappa shape index (κ1) is 20.4. The van der Waals surface area contributed by atoms with Gasteiger partial charge in [-0.15, -0.1) is 0 Å². The Labute approximate surface area is 178 Å². The largest absolute Gasteiger partial charge is 0.495 e. The maximum absolute atomic E-state index is 12.8. The highest BCUT2D eigenvalue weighted by atomic mass is 16.5. The quantitative estimate of drug-likeness (QED) is 0.676. The molecule has 0 spiro atoms. The fourth-order valence-electron chi connectivity index (χ4n) is 4.13. The van der Waals surface area contributed by atoms with Crippen molar-refractivity contribution in [2.24, 2.45) is 0 Å². The molecule has 1 heterocycles. The number of rotatable bonds is 6. The van der Waals surface area contributed by atoms with Gasteiger partial charge < -0.3 is 10.1 Å². The average Bonchev–Trinajstić information content (AvgIpc) is 2.79. The zero-order chi connectivity index (χ0) is 20.9. The minimum atomic E-state index is -0.186. The minimum Gasteiger partial charge on any atom is -0.495 e. The van der Waals surface area contributed by atoms with Crippen molar-refractivity contribution < 1.29 is 9.53 Å². The predicted octanol–water partition coefficient (Wildman–Crippen LogP) is 3.99. The van der Waals surface area contributed by atoms with E-state index in [1.54, 1.807) is 7.11 Å². The van der Waals surface area contributed by atoms with Crippen molar-refractivity contribution in [2.75, 3.05) is 38.6 Å². The van der Waals surface area contributed by atoms with Gasteiger partial charge in [-0.3, -0.25) is 14.6 Å². The van der Waals surface area contributed by atoms with Gasteiger partial charge in [0.25, 0.3) is 0 Å². The second kappa shape index (κ2) is 9.28. The summed E-state index contributed by atoms with van der Waals surface area (Å²) in [5, 5.41) is 5.62. The van der Waals surface area contributed by atoms with E-state index in [2.05, 4.69) is 57.6 Å². The van der Waals surface area contributed by atoms with Crippen molar-refractivity contribution in [2.45, 2.75) is 19.5 Å². The predicted molar refractivity (Wildman–Crippen MR) is 122 cm³/mol. The molecule has 5 nitrogen and oxygen atoms in total. The Bertz CT molecular complexity index is 1010. The van der Waals surface area contributed by atoms with Crippen LogP contribution in [-0.2, 0) is 11.3 Å². The molecule has 1 aliphatic heterocycles. The summed E-state index contributed by atoms with van der Waals surface area (Å²) in [5.74, 6) is 0.681. The number of benzene rings is 3. The number of hydrogen-bond acceptors (Lipinski definition) is 4. The van der Waals surface area contributed by atoms with E-state index >= 15 is 0 Å². The lowest BCUT2D eigenvalue weighted by Gasteiger charge is -2.37. The number of ether oxygens (including phenoxy) is 1. The number of hydrogen-bond donors (Lipinski definition) is 1. The fourth-order valence-corrected chi connectivity index (χ4v) is 4.13. The van der Waals surface area contributed by atoms with E-state index in [1.165, 1.54) is 16.3 Å². The normalized spacial score (nSPS) is 16.3. The Morgan fingerprint density at radius 1 is 0.967 bits per heavy atom. The molecule has 3 aromatic rings. The smallest absolute Gasteiger partial charge is 0.241 e. The Hall–Kier alpha value is -2.89. The maximum Gasteiger partial charge on any atom is 0.241 e. The zero-order valence-electron chi connectivity index (χ0n) is 17.7. The average molecular weight is 404 g/mol. The van der Waals surface area contributed by atoms with Crippen molar-refractivity contribution in [3.05, 3.63) is 72.3 Å². The standard InChI is InChI=1S/C25H29N3O2/c1-19(25(29)26-23-12-5-6-13-24(23)30-2)28-16-14-27(15-17-28)18-21-10-7-9-20-8-3-4-11-22(20)21/h3-13,19H,14-18H2,1-2H3,(H,26,29). The molecule has 5 heteroatoms. The van der Waals surface area contributed by atoms with E-state index in [0.717, 1.165) is 32.7 Å². The van der Waals surface area contributed by atoms with Crippen molar-refractivity contribution in [3.63, 3.8) is 0 Å². The number of methoxy groups -OCH3 is 1. The molecule has 1 saturated heterocycles. The highest BCUT2D eigenvalue weighted by Crippen LogP contribution is 2.24. The van der Waals surface area contributed by atoms with Crippen molar-refractivity contribution in [1.82, 2.24) is 9.80 Å². The zero-order valence-corrected chi connectivity index (χ0v) is 17.7. The van der Waals surface area contributed by atoms with Gasteiger partial charge in [-0.05, 0) is 35.4 Å². The lowest BCUT2D eigenvalue weighted by Crippen LogP contribution is -2.52. The van der Waals surface area contributed by atoms with Crippen LogP contribution in [0.25, 0.3) is 10.8 Å². The minimum absolute atomic E-state index is 0.00186. The van der Waals surface area contributed by atoms with Gasteiger partial charge >= 0.3 is 0 Å². The molecule has 0 radical (unpaired) electrons. The van der Waals surface area contributed by atoms with Gasteiger partial charge in [0, 0.05) is 32.7 Å². The van der Waals surface area contributed by atoms with E-state index in [-0.39, 0.29) is 11.9 Å². The number of fused-ring (bicyclic) bond motifs is 1. The third-order valence-corrected chi connectivity index (χ3v) is 5.97. The van der Waals surface area contributed by atoms with Crippen LogP contribution >= 0.6 is 0 Å². The van der Waals surface area contributed by atoms with Crippen LogP contribution in [0.5, 0.6) is 5.75 Å². The molecule has 156 valence electrons. The number of carbonyl (C=O) groups excluding carboxylic acids is 1. The third-order valence-electron chi connectivity index (χ3n) is 5.97. The number of anilines is 1. The molecule has 1 fully saturated rings. The lowest BCUT2D eigenvalue weighted by atomic mass is 10.0. The van der Waals surface area contributed by atoms with Crippen molar-refractivity contribution in [3.8, 4) is 5.75 Å². The Morgan fingerprint density at radius 2 is 1.67 bits per heavy atom. The van der Waals surface area contributed by atoms with Gasteiger partial charge in [0.15, 0.2) is 0 Å². The maximum atomic E-state index is 12.8. The fraction of sp³-hybridized carbons (Fsp3) is 0.320. The molecule has 0 bridgehead atoms. The first-order valence-corrected chi connectivity index (χ1v) is 10.5. The van der Waals surface area contributed by atoms with Gasteiger partial charge in [0.1, 0.15) is 5.75 Å². The Kier molecular flexibility index (Phi) is 6.31. The summed E-state index contributed by atoms with van der Waals surface area (Å²) in [6.45, 7) is 6.59. The molecule has 1 aliphatic rings. The lowest BCUT2D eigenvalue weighted by molar-refractivity contribution is -0.121. The molecule has 0 saturated carbocycles. The van der Waals surface area contributed by atoms with Crippen LogP contribution in [0.15, 0.2) is 66.7 Å². The molecule has 0 aromatic heterocycles. The van der Waals surface area contributed by atoms with Crippen LogP contribution in [0.1, 0.15) is 12.5 Å². The van der Waals surface area contributed by atoms with Crippen LogP contribution in [0.4, 0.5) is 5.69 Å². The molecule has 1 unspecified atom stereocenters. The molecular formula is C25H29N3O2. The summed E-state index contributed by atoms with van der Waals surface area (Å²) >= 11 is 0. The molecule has 0 aliphatic carbocycles. The second-order valence-electron chi connectivity index (χ2n) is 7.82. The number of carbonyl (C=O) groups is 1. The van der Waals surface area contributed by atoms with Crippen LogP contribution in [-0.4, -0.2) is 55.0 Å². The third kappa shape index (κ3) is 4.48. The Balaban J connectivity index is 1.34. The van der Waals surface area contributed by atoms with E-state index in [1.807, 2.05) is 31.2 Å². The van der Waals surface area contributed by atoms with E-state index in [0.29, 0.717) is 11.4 Å². The molecule has 4 rings (SSSR count). The van der Waals surface area contributed by atoms with Gasteiger partial charge in [0.05, 0.1) is 18.8 Å². The number of piperazine rings is 1. The molecule has 1 amide bonds. The number of amides is 1. The van der Waals surface area contributed by atoms with Crippen molar-refractivity contribution in [1.29, 1.82) is 0 Å². The van der Waals surface area contributed by atoms with E-state index in [4.69, 9.17) is 4.74 Å². The van der Waals surface area contributed by atoms with Gasteiger partial charge in [-0.25, -0.2) is 0 Å². The van der Waals surface area contributed by atoms with Crippen LogP contribution in [0.2, 0.25) is 0 Å². The molecule has 1 N–H and O–H groups in total. The monoisotopic (exact) mass is 403 g/mol. The Morgan fingerprint density at radius 3 is 2.47 bits per heavy atom. The molecular weight excluding hydrogens is 374 g/mol. The summed E-state index contributed by atoms with van der Waals surface area (Å²) in [6, 6.07) is 22.4. The molecule has 30 heavy (non-hydrogen) atoms. The topological polar surface area (TPSA) is 44.8 Å². The highest BCUT2D eigenvalue weighted by Gasteiger charge is 2.26. The second-order valence-corrected chi connectivity index (χ2v) is 7.82. The molecule has 1 atom stereocenters. The summed E-state index contributed by atoms with van der Waals surface area (Å²) in [6.07, 6.45) is 0. The van der Waals surface area contributed by atoms with Crippen LogP contribution in [0.3, 0.4) is 0 Å². The number of para-hydroxylation sites is 2. The van der Waals surface area contributed by atoms with Crippen LogP contribution in [0, 0.1) is 0 Å². The van der Waals surface area contributed by atoms with Gasteiger partial charge in [-0.2, -0.15) is 0 Å².